The maximum Gasteiger partial charge on any atom is 0.143 e. The van der Waals surface area contributed by atoms with E-state index in [0.29, 0.717) is 0 Å². The van der Waals surface area contributed by atoms with Crippen molar-refractivity contribution < 1.29 is 4.42 Å². The fourth-order valence-electron chi connectivity index (χ4n) is 9.52. The zero-order valence-corrected chi connectivity index (χ0v) is 35.0. The summed E-state index contributed by atoms with van der Waals surface area (Å²) in [6.45, 7) is 0. The van der Waals surface area contributed by atoms with Crippen LogP contribution in [-0.4, -0.2) is 0 Å². The molecule has 0 aliphatic heterocycles. The van der Waals surface area contributed by atoms with Crippen molar-refractivity contribution in [1.29, 1.82) is 0 Å². The van der Waals surface area contributed by atoms with Gasteiger partial charge in [0.25, 0.3) is 0 Å². The first-order valence-corrected chi connectivity index (χ1v) is 21.9. The number of furan rings is 1. The molecule has 64 heavy (non-hydrogen) atoms. The highest BCUT2D eigenvalue weighted by Gasteiger charge is 2.21. The Bertz CT molecular complexity index is 3630. The number of benzene rings is 11. The third kappa shape index (κ3) is 6.61. The Morgan fingerprint density at radius 3 is 1.44 bits per heavy atom. The Balaban J connectivity index is 1.03. The van der Waals surface area contributed by atoms with E-state index in [1.165, 1.54) is 43.8 Å². The van der Waals surface area contributed by atoms with Gasteiger partial charge in [-0.25, -0.2) is 0 Å². The highest BCUT2D eigenvalue weighted by atomic mass is 16.3. The van der Waals surface area contributed by atoms with Gasteiger partial charge in [-0.2, -0.15) is 0 Å². The molecule has 0 bridgehead atoms. The second kappa shape index (κ2) is 15.8. The molecule has 0 saturated heterocycles. The van der Waals surface area contributed by atoms with Crippen LogP contribution in [0.15, 0.2) is 253 Å². The van der Waals surface area contributed by atoms with Crippen LogP contribution in [-0.2, 0) is 0 Å². The van der Waals surface area contributed by atoms with Crippen LogP contribution in [0, 0.1) is 0 Å². The van der Waals surface area contributed by atoms with Crippen LogP contribution in [0.1, 0.15) is 0 Å². The molecule has 300 valence electrons. The molecule has 2 nitrogen and oxygen atoms in total. The summed E-state index contributed by atoms with van der Waals surface area (Å²) in [6.07, 6.45) is 0. The SMILES string of the molecule is c1ccc(-c2ccc(-c3ccc(N(c4ccc(-c5cccc6c5oc5ccccc56)cc4)c4cc(-c5cc6ccccc6c6ccccc56)ccc4-c4ccccc4)cc3)cc2)cc1. The van der Waals surface area contributed by atoms with Crippen molar-refractivity contribution in [3.63, 3.8) is 0 Å². The average molecular weight is 816 g/mol. The van der Waals surface area contributed by atoms with Crippen LogP contribution in [0.4, 0.5) is 17.1 Å². The lowest BCUT2D eigenvalue weighted by atomic mass is 9.91. The molecule has 1 heterocycles. The van der Waals surface area contributed by atoms with Crippen molar-refractivity contribution in [2.45, 2.75) is 0 Å². The summed E-state index contributed by atoms with van der Waals surface area (Å²) in [7, 11) is 0. The summed E-state index contributed by atoms with van der Waals surface area (Å²) in [5.41, 5.74) is 16.6. The quantitative estimate of drug-likeness (QED) is 0.142. The van der Waals surface area contributed by atoms with E-state index in [1.54, 1.807) is 0 Å². The van der Waals surface area contributed by atoms with Crippen LogP contribution in [0.5, 0.6) is 0 Å². The molecule has 12 aromatic rings. The summed E-state index contributed by atoms with van der Waals surface area (Å²) in [5.74, 6) is 0. The lowest BCUT2D eigenvalue weighted by Crippen LogP contribution is -2.11. The topological polar surface area (TPSA) is 16.4 Å². The van der Waals surface area contributed by atoms with E-state index in [9.17, 15) is 0 Å². The van der Waals surface area contributed by atoms with E-state index >= 15 is 0 Å². The van der Waals surface area contributed by atoms with Gasteiger partial charge in [0.15, 0.2) is 0 Å². The number of hydrogen-bond donors (Lipinski definition) is 0. The van der Waals surface area contributed by atoms with E-state index < -0.39 is 0 Å². The van der Waals surface area contributed by atoms with Gasteiger partial charge in [0.05, 0.1) is 5.69 Å². The zero-order chi connectivity index (χ0) is 42.4. The van der Waals surface area contributed by atoms with Gasteiger partial charge in [0.1, 0.15) is 11.2 Å². The first-order chi connectivity index (χ1) is 31.7. The molecule has 0 spiro atoms. The fourth-order valence-corrected chi connectivity index (χ4v) is 9.52. The predicted molar refractivity (Wildman–Crippen MR) is 271 cm³/mol. The van der Waals surface area contributed by atoms with Gasteiger partial charge in [0.2, 0.25) is 0 Å². The van der Waals surface area contributed by atoms with Crippen LogP contribution in [0.3, 0.4) is 0 Å². The molecule has 0 N–H and O–H groups in total. The van der Waals surface area contributed by atoms with E-state index in [0.717, 1.165) is 72.4 Å². The summed E-state index contributed by atoms with van der Waals surface area (Å²) in [6, 6.07) is 89.7. The van der Waals surface area contributed by atoms with Gasteiger partial charge >= 0.3 is 0 Å². The van der Waals surface area contributed by atoms with Crippen LogP contribution >= 0.6 is 0 Å². The van der Waals surface area contributed by atoms with Crippen LogP contribution in [0.2, 0.25) is 0 Å². The van der Waals surface area contributed by atoms with Crippen molar-refractivity contribution in [2.24, 2.45) is 0 Å². The van der Waals surface area contributed by atoms with E-state index in [-0.39, 0.29) is 0 Å². The number of para-hydroxylation sites is 2. The van der Waals surface area contributed by atoms with Gasteiger partial charge in [0, 0.05) is 33.3 Å². The second-order valence-corrected chi connectivity index (χ2v) is 16.4. The maximum atomic E-state index is 6.50. The van der Waals surface area contributed by atoms with E-state index in [4.69, 9.17) is 4.42 Å². The molecule has 11 aromatic carbocycles. The van der Waals surface area contributed by atoms with Gasteiger partial charge in [-0.15, -0.1) is 0 Å². The average Bonchev–Trinajstić information content (AvgIpc) is 3.76. The van der Waals surface area contributed by atoms with Crippen molar-refractivity contribution in [2.75, 3.05) is 4.90 Å². The number of anilines is 3. The molecule has 2 heteroatoms. The highest BCUT2D eigenvalue weighted by molar-refractivity contribution is 6.14. The smallest absolute Gasteiger partial charge is 0.143 e. The summed E-state index contributed by atoms with van der Waals surface area (Å²) >= 11 is 0. The normalized spacial score (nSPS) is 11.4. The van der Waals surface area contributed by atoms with Crippen molar-refractivity contribution >= 4 is 60.5 Å². The highest BCUT2D eigenvalue weighted by Crippen LogP contribution is 2.46. The molecule has 0 aliphatic carbocycles. The molecule has 0 radical (unpaired) electrons. The van der Waals surface area contributed by atoms with Crippen molar-refractivity contribution in [1.82, 2.24) is 0 Å². The van der Waals surface area contributed by atoms with Crippen molar-refractivity contribution in [3.05, 3.63) is 249 Å². The zero-order valence-electron chi connectivity index (χ0n) is 35.0. The molecule has 0 atom stereocenters. The molecule has 12 rings (SSSR count). The minimum absolute atomic E-state index is 0.899. The molecular weight excluding hydrogens is 775 g/mol. The van der Waals surface area contributed by atoms with Gasteiger partial charge < -0.3 is 9.32 Å². The molecule has 0 amide bonds. The van der Waals surface area contributed by atoms with E-state index in [1.807, 2.05) is 12.1 Å². The Hall–Kier alpha value is -8.46. The summed E-state index contributed by atoms with van der Waals surface area (Å²) in [4.78, 5) is 2.42. The lowest BCUT2D eigenvalue weighted by Gasteiger charge is -2.29. The second-order valence-electron chi connectivity index (χ2n) is 16.4. The van der Waals surface area contributed by atoms with Gasteiger partial charge in [-0.1, -0.05) is 206 Å². The van der Waals surface area contributed by atoms with Crippen LogP contribution in [0.25, 0.3) is 99.1 Å². The third-order valence-corrected chi connectivity index (χ3v) is 12.7. The van der Waals surface area contributed by atoms with Gasteiger partial charge in [-0.3, -0.25) is 0 Å². The Morgan fingerprint density at radius 2 is 0.750 bits per heavy atom. The third-order valence-electron chi connectivity index (χ3n) is 12.7. The summed E-state index contributed by atoms with van der Waals surface area (Å²) < 4.78 is 6.50. The molecular formula is C62H41NO. The minimum Gasteiger partial charge on any atom is -0.455 e. The maximum absolute atomic E-state index is 6.50. The van der Waals surface area contributed by atoms with Gasteiger partial charge in [-0.05, 0) is 109 Å². The Kier molecular flexibility index (Phi) is 9.20. The molecule has 0 unspecified atom stereocenters. The largest absolute Gasteiger partial charge is 0.455 e. The Morgan fingerprint density at radius 1 is 0.266 bits per heavy atom. The predicted octanol–water partition coefficient (Wildman–Crippen LogP) is 17.7. The lowest BCUT2D eigenvalue weighted by molar-refractivity contribution is 0.670. The summed E-state index contributed by atoms with van der Waals surface area (Å²) in [5, 5.41) is 7.23. The molecule has 0 saturated carbocycles. The Labute approximate surface area is 372 Å². The monoisotopic (exact) mass is 815 g/mol. The number of rotatable bonds is 8. The standard InChI is InChI=1S/C62H41NO/c1-3-14-42(15-4-1)43-26-28-44(29-27-43)45-30-35-50(36-31-45)63(51-37-32-47(33-38-51)54-23-13-24-58-57-22-11-12-25-61(57)64-62(54)58)60-41-49(34-39-53(60)46-16-5-2-6-17-46)59-40-48-18-7-8-19-52(48)55-20-9-10-21-56(55)59/h1-41H. The number of nitrogens with zero attached hydrogens (tertiary/aromatic N) is 1. The molecule has 0 aliphatic rings. The van der Waals surface area contributed by atoms with E-state index in [2.05, 4.69) is 241 Å². The van der Waals surface area contributed by atoms with Crippen LogP contribution < -0.4 is 4.90 Å². The number of fused-ring (bicyclic) bond motifs is 6. The van der Waals surface area contributed by atoms with Crippen molar-refractivity contribution in [3.8, 4) is 55.6 Å². The molecule has 0 fully saturated rings. The first-order valence-electron chi connectivity index (χ1n) is 21.9. The first kappa shape index (κ1) is 37.3. The molecule has 1 aromatic heterocycles. The fraction of sp³-hybridized carbons (Fsp3) is 0. The number of hydrogen-bond acceptors (Lipinski definition) is 2. The minimum atomic E-state index is 0.899.